The first-order valence-electron chi connectivity index (χ1n) is 3.96. The Morgan fingerprint density at radius 2 is 1.85 bits per heavy atom. The van der Waals surface area contributed by atoms with Gasteiger partial charge in [-0.15, -0.1) is 5.10 Å². The average molecular weight is 174 g/mol. The smallest absolute Gasteiger partial charge is 0.154 e. The topological polar surface area (TPSA) is 77.8 Å². The molecule has 13 heavy (non-hydrogen) atoms. The van der Waals surface area contributed by atoms with Gasteiger partial charge in [0.15, 0.2) is 5.82 Å². The molecule has 0 aliphatic rings. The zero-order valence-corrected chi connectivity index (χ0v) is 7.28. The fourth-order valence-electron chi connectivity index (χ4n) is 1.33. The van der Waals surface area contributed by atoms with E-state index in [2.05, 4.69) is 10.2 Å². The van der Waals surface area contributed by atoms with Gasteiger partial charge in [-0.3, -0.25) is 0 Å². The van der Waals surface area contributed by atoms with Crippen molar-refractivity contribution in [2.45, 2.75) is 6.92 Å². The first-order valence-corrected chi connectivity index (χ1v) is 3.96. The monoisotopic (exact) mass is 174 g/mol. The minimum Gasteiger partial charge on any atom is -0.399 e. The molecule has 0 aliphatic carbocycles. The van der Waals surface area contributed by atoms with E-state index in [0.717, 1.165) is 16.5 Å². The Balaban J connectivity index is 2.92. The highest BCUT2D eigenvalue weighted by atomic mass is 15.1. The van der Waals surface area contributed by atoms with E-state index in [-0.39, 0.29) is 0 Å². The van der Waals surface area contributed by atoms with Crippen molar-refractivity contribution in [2.24, 2.45) is 0 Å². The summed E-state index contributed by atoms with van der Waals surface area (Å²) in [7, 11) is 0. The molecule has 0 amide bonds. The zero-order chi connectivity index (χ0) is 9.42. The van der Waals surface area contributed by atoms with Crippen LogP contribution in [-0.2, 0) is 0 Å². The lowest BCUT2D eigenvalue weighted by molar-refractivity contribution is 1.01. The predicted molar refractivity (Wildman–Crippen MR) is 53.1 cm³/mol. The quantitative estimate of drug-likeness (QED) is 0.586. The van der Waals surface area contributed by atoms with Crippen molar-refractivity contribution in [1.82, 2.24) is 10.2 Å². The van der Waals surface area contributed by atoms with Gasteiger partial charge in [-0.25, -0.2) is 0 Å². The molecule has 0 bridgehead atoms. The van der Waals surface area contributed by atoms with Crippen LogP contribution in [0.5, 0.6) is 0 Å². The molecular formula is C9H10N4. The largest absolute Gasteiger partial charge is 0.399 e. The van der Waals surface area contributed by atoms with Crippen LogP contribution in [0.15, 0.2) is 18.2 Å². The van der Waals surface area contributed by atoms with Crippen LogP contribution >= 0.6 is 0 Å². The van der Waals surface area contributed by atoms with Gasteiger partial charge in [-0.1, -0.05) is 6.07 Å². The molecule has 0 radical (unpaired) electrons. The van der Waals surface area contributed by atoms with E-state index in [4.69, 9.17) is 11.5 Å². The summed E-state index contributed by atoms with van der Waals surface area (Å²) in [4.78, 5) is 0. The van der Waals surface area contributed by atoms with Gasteiger partial charge in [-0.05, 0) is 19.1 Å². The molecule has 1 heterocycles. The molecular weight excluding hydrogens is 164 g/mol. The molecule has 66 valence electrons. The van der Waals surface area contributed by atoms with Crippen LogP contribution in [0.3, 0.4) is 0 Å². The zero-order valence-electron chi connectivity index (χ0n) is 7.28. The highest BCUT2D eigenvalue weighted by Gasteiger charge is 2.03. The van der Waals surface area contributed by atoms with Crippen molar-refractivity contribution in [3.05, 3.63) is 23.9 Å². The summed E-state index contributed by atoms with van der Waals surface area (Å²) in [5, 5.41) is 9.61. The molecule has 4 nitrogen and oxygen atoms in total. The molecule has 4 N–H and O–H groups in total. The molecule has 1 aromatic carbocycles. The van der Waals surface area contributed by atoms with E-state index < -0.39 is 0 Å². The normalized spacial score (nSPS) is 10.5. The number of nitrogens with two attached hydrogens (primary N) is 2. The third-order valence-corrected chi connectivity index (χ3v) is 2.02. The van der Waals surface area contributed by atoms with Gasteiger partial charge in [0.05, 0.1) is 5.69 Å². The molecule has 0 saturated heterocycles. The van der Waals surface area contributed by atoms with Gasteiger partial charge < -0.3 is 11.5 Å². The van der Waals surface area contributed by atoms with Gasteiger partial charge in [0.1, 0.15) is 0 Å². The number of rotatable bonds is 0. The van der Waals surface area contributed by atoms with E-state index in [1.54, 1.807) is 0 Å². The predicted octanol–water partition coefficient (Wildman–Crippen LogP) is 1.10. The van der Waals surface area contributed by atoms with E-state index in [1.165, 1.54) is 0 Å². The second-order valence-electron chi connectivity index (χ2n) is 2.98. The van der Waals surface area contributed by atoms with Crippen LogP contribution in [0.4, 0.5) is 11.5 Å². The van der Waals surface area contributed by atoms with Gasteiger partial charge in [-0.2, -0.15) is 5.10 Å². The van der Waals surface area contributed by atoms with Crippen molar-refractivity contribution >= 4 is 22.3 Å². The molecule has 2 rings (SSSR count). The first-order chi connectivity index (χ1) is 6.18. The van der Waals surface area contributed by atoms with E-state index in [0.29, 0.717) is 11.5 Å². The summed E-state index contributed by atoms with van der Waals surface area (Å²) in [6.07, 6.45) is 0. The molecule has 4 heteroatoms. The SMILES string of the molecule is Cc1nnc(N)c2cc(N)ccc12. The molecule has 0 atom stereocenters. The summed E-state index contributed by atoms with van der Waals surface area (Å²) in [5.74, 6) is 0.424. The van der Waals surface area contributed by atoms with Crippen LogP contribution in [-0.4, -0.2) is 10.2 Å². The van der Waals surface area contributed by atoms with Crippen molar-refractivity contribution < 1.29 is 0 Å². The number of fused-ring (bicyclic) bond motifs is 1. The highest BCUT2D eigenvalue weighted by Crippen LogP contribution is 2.22. The van der Waals surface area contributed by atoms with E-state index >= 15 is 0 Å². The Bertz CT molecular complexity index is 464. The number of anilines is 2. The highest BCUT2D eigenvalue weighted by molar-refractivity contribution is 5.94. The molecule has 1 aromatic heterocycles. The number of nitrogen functional groups attached to an aromatic ring is 2. The maximum Gasteiger partial charge on any atom is 0.154 e. The fourth-order valence-corrected chi connectivity index (χ4v) is 1.33. The fraction of sp³-hybridized carbons (Fsp3) is 0.111. The Morgan fingerprint density at radius 1 is 1.08 bits per heavy atom. The lowest BCUT2D eigenvalue weighted by atomic mass is 10.1. The summed E-state index contributed by atoms with van der Waals surface area (Å²) in [6.45, 7) is 1.89. The van der Waals surface area contributed by atoms with E-state index in [1.807, 2.05) is 25.1 Å². The van der Waals surface area contributed by atoms with Crippen LogP contribution < -0.4 is 11.5 Å². The molecule has 0 fully saturated rings. The number of hydrogen-bond donors (Lipinski definition) is 2. The number of nitrogens with zero attached hydrogens (tertiary/aromatic N) is 2. The van der Waals surface area contributed by atoms with Gasteiger partial charge in [0.2, 0.25) is 0 Å². The van der Waals surface area contributed by atoms with Crippen LogP contribution in [0, 0.1) is 6.92 Å². The maximum atomic E-state index is 5.66. The lowest BCUT2D eigenvalue weighted by Gasteiger charge is -2.03. The van der Waals surface area contributed by atoms with Crippen molar-refractivity contribution in [1.29, 1.82) is 0 Å². The lowest BCUT2D eigenvalue weighted by Crippen LogP contribution is -1.97. The van der Waals surface area contributed by atoms with Crippen LogP contribution in [0.1, 0.15) is 5.69 Å². The van der Waals surface area contributed by atoms with Crippen LogP contribution in [0.2, 0.25) is 0 Å². The van der Waals surface area contributed by atoms with Gasteiger partial charge in [0, 0.05) is 16.5 Å². The average Bonchev–Trinajstić information content (AvgIpc) is 2.12. The molecule has 0 spiro atoms. The third-order valence-electron chi connectivity index (χ3n) is 2.02. The minimum atomic E-state index is 0.424. The molecule has 0 aliphatic heterocycles. The Hall–Kier alpha value is -1.84. The molecule has 0 saturated carbocycles. The van der Waals surface area contributed by atoms with Crippen molar-refractivity contribution in [2.75, 3.05) is 11.5 Å². The number of aryl methyl sites for hydroxylation is 1. The summed E-state index contributed by atoms with van der Waals surface area (Å²) in [6, 6.07) is 5.55. The summed E-state index contributed by atoms with van der Waals surface area (Å²) < 4.78 is 0. The Labute approximate surface area is 75.6 Å². The minimum absolute atomic E-state index is 0.424. The molecule has 2 aromatic rings. The van der Waals surface area contributed by atoms with Gasteiger partial charge in [0.25, 0.3) is 0 Å². The molecule has 0 unspecified atom stereocenters. The number of hydrogen-bond acceptors (Lipinski definition) is 4. The third kappa shape index (κ3) is 1.16. The van der Waals surface area contributed by atoms with E-state index in [9.17, 15) is 0 Å². The first kappa shape index (κ1) is 7.79. The van der Waals surface area contributed by atoms with Crippen LogP contribution in [0.25, 0.3) is 10.8 Å². The summed E-state index contributed by atoms with van der Waals surface area (Å²) >= 11 is 0. The van der Waals surface area contributed by atoms with Crippen molar-refractivity contribution in [3.63, 3.8) is 0 Å². The number of aromatic nitrogens is 2. The maximum absolute atomic E-state index is 5.66. The number of benzene rings is 1. The Kier molecular flexibility index (Phi) is 1.55. The Morgan fingerprint density at radius 3 is 2.62 bits per heavy atom. The van der Waals surface area contributed by atoms with Gasteiger partial charge >= 0.3 is 0 Å². The van der Waals surface area contributed by atoms with Crippen molar-refractivity contribution in [3.8, 4) is 0 Å². The second kappa shape index (κ2) is 2.58. The second-order valence-corrected chi connectivity index (χ2v) is 2.98. The summed E-state index contributed by atoms with van der Waals surface area (Å²) in [5.41, 5.74) is 12.9. The standard InChI is InChI=1S/C9H10N4/c1-5-7-3-2-6(10)4-8(7)9(11)13-12-5/h2-4H,10H2,1H3,(H2,11,13).